The summed E-state index contributed by atoms with van der Waals surface area (Å²) in [5.41, 5.74) is 7.20. The van der Waals surface area contributed by atoms with Gasteiger partial charge < -0.3 is 15.2 Å². The smallest absolute Gasteiger partial charge is 0.165 e. The van der Waals surface area contributed by atoms with Gasteiger partial charge in [0.05, 0.1) is 20.3 Å². The number of benzene rings is 2. The van der Waals surface area contributed by atoms with Gasteiger partial charge in [-0.2, -0.15) is 0 Å². The first-order valence-electron chi connectivity index (χ1n) is 5.99. The molecule has 5 heteroatoms. The Kier molecular flexibility index (Phi) is 4.20. The molecule has 1 unspecified atom stereocenters. The van der Waals surface area contributed by atoms with Gasteiger partial charge in [-0.15, -0.1) is 0 Å². The fourth-order valence-corrected chi connectivity index (χ4v) is 2.00. The van der Waals surface area contributed by atoms with Gasteiger partial charge in [-0.3, -0.25) is 0 Å². The first-order valence-corrected chi connectivity index (χ1v) is 5.99. The van der Waals surface area contributed by atoms with E-state index in [0.717, 1.165) is 0 Å². The number of hydrogen-bond donors (Lipinski definition) is 1. The van der Waals surface area contributed by atoms with Crippen LogP contribution in [0.5, 0.6) is 11.5 Å². The number of rotatable bonds is 4. The zero-order chi connectivity index (χ0) is 14.7. The van der Waals surface area contributed by atoms with E-state index in [1.165, 1.54) is 50.6 Å². The molecule has 3 nitrogen and oxygen atoms in total. The van der Waals surface area contributed by atoms with E-state index >= 15 is 0 Å². The van der Waals surface area contributed by atoms with Crippen molar-refractivity contribution in [3.63, 3.8) is 0 Å². The third-order valence-corrected chi connectivity index (χ3v) is 3.06. The molecule has 0 amide bonds. The lowest BCUT2D eigenvalue weighted by Crippen LogP contribution is -2.13. The lowest BCUT2D eigenvalue weighted by atomic mass is 9.98. The minimum absolute atomic E-state index is 0.0910. The van der Waals surface area contributed by atoms with Crippen molar-refractivity contribution in [3.05, 3.63) is 59.2 Å². The molecule has 0 radical (unpaired) electrons. The fourth-order valence-electron chi connectivity index (χ4n) is 2.00. The fraction of sp³-hybridized carbons (Fsp3) is 0.200. The lowest BCUT2D eigenvalue weighted by Gasteiger charge is -2.17. The molecule has 0 aliphatic carbocycles. The van der Waals surface area contributed by atoms with Crippen LogP contribution < -0.4 is 15.2 Å². The van der Waals surface area contributed by atoms with Gasteiger partial charge in [-0.1, -0.05) is 6.07 Å². The summed E-state index contributed by atoms with van der Waals surface area (Å²) in [6, 6.07) is 7.75. The molecular formula is C15H15F2NO2. The van der Waals surface area contributed by atoms with E-state index in [-0.39, 0.29) is 5.75 Å². The Labute approximate surface area is 115 Å². The van der Waals surface area contributed by atoms with Crippen LogP contribution in [0.3, 0.4) is 0 Å². The first kappa shape index (κ1) is 14.3. The van der Waals surface area contributed by atoms with E-state index < -0.39 is 17.7 Å². The highest BCUT2D eigenvalue weighted by Crippen LogP contribution is 2.31. The number of methoxy groups -OCH3 is 2. The molecule has 2 aromatic rings. The Morgan fingerprint density at radius 1 is 0.950 bits per heavy atom. The standard InChI is InChI=1S/C15H15F2NO2/c1-19-13-6-4-10(16)8-11(13)15(18)9-3-5-12(17)14(7-9)20-2/h3-8,15H,18H2,1-2H3. The molecule has 2 aromatic carbocycles. The second-order valence-corrected chi connectivity index (χ2v) is 4.26. The quantitative estimate of drug-likeness (QED) is 0.935. The maximum atomic E-state index is 13.4. The Hall–Kier alpha value is -2.14. The summed E-state index contributed by atoms with van der Waals surface area (Å²) < 4.78 is 36.9. The summed E-state index contributed by atoms with van der Waals surface area (Å²) in [4.78, 5) is 0. The zero-order valence-electron chi connectivity index (χ0n) is 11.2. The molecule has 0 aromatic heterocycles. The highest BCUT2D eigenvalue weighted by atomic mass is 19.1. The van der Waals surface area contributed by atoms with Gasteiger partial charge in [-0.25, -0.2) is 8.78 Å². The second kappa shape index (κ2) is 5.88. The summed E-state index contributed by atoms with van der Waals surface area (Å²) in [7, 11) is 2.85. The van der Waals surface area contributed by atoms with E-state index in [9.17, 15) is 8.78 Å². The highest BCUT2D eigenvalue weighted by molar-refractivity contribution is 5.43. The lowest BCUT2D eigenvalue weighted by molar-refractivity contribution is 0.385. The van der Waals surface area contributed by atoms with Crippen molar-refractivity contribution in [2.75, 3.05) is 14.2 Å². The summed E-state index contributed by atoms with van der Waals surface area (Å²) in [5.74, 6) is -0.324. The van der Waals surface area contributed by atoms with E-state index in [0.29, 0.717) is 16.9 Å². The van der Waals surface area contributed by atoms with Crippen LogP contribution in [-0.4, -0.2) is 14.2 Å². The molecule has 0 fully saturated rings. The topological polar surface area (TPSA) is 44.5 Å². The summed E-state index contributed by atoms with van der Waals surface area (Å²) >= 11 is 0. The van der Waals surface area contributed by atoms with Gasteiger partial charge in [0.1, 0.15) is 11.6 Å². The molecule has 0 bridgehead atoms. The summed E-state index contributed by atoms with van der Waals surface area (Å²) in [6.07, 6.45) is 0. The Bertz CT molecular complexity index is 617. The van der Waals surface area contributed by atoms with Gasteiger partial charge in [0.2, 0.25) is 0 Å². The maximum absolute atomic E-state index is 13.4. The SMILES string of the molecule is COc1cc(C(N)c2cc(F)ccc2OC)ccc1F. The zero-order valence-corrected chi connectivity index (χ0v) is 11.2. The average Bonchev–Trinajstić information content (AvgIpc) is 2.47. The van der Waals surface area contributed by atoms with E-state index in [1.54, 1.807) is 0 Å². The first-order chi connectivity index (χ1) is 9.56. The normalized spacial score (nSPS) is 12.1. The molecule has 0 heterocycles. The van der Waals surface area contributed by atoms with Crippen LogP contribution in [0.15, 0.2) is 36.4 Å². The molecule has 20 heavy (non-hydrogen) atoms. The van der Waals surface area contributed by atoms with Crippen molar-refractivity contribution >= 4 is 0 Å². The predicted octanol–water partition coefficient (Wildman–Crippen LogP) is 3.03. The average molecular weight is 279 g/mol. The van der Waals surface area contributed by atoms with E-state index in [2.05, 4.69) is 0 Å². The molecule has 2 N–H and O–H groups in total. The van der Waals surface area contributed by atoms with E-state index in [4.69, 9.17) is 15.2 Å². The largest absolute Gasteiger partial charge is 0.496 e. The van der Waals surface area contributed by atoms with Gasteiger partial charge in [0, 0.05) is 5.56 Å². The molecule has 0 aliphatic rings. The molecule has 1 atom stereocenters. The summed E-state index contributed by atoms with van der Waals surface area (Å²) in [6.45, 7) is 0. The molecule has 106 valence electrons. The van der Waals surface area contributed by atoms with E-state index in [1.807, 2.05) is 0 Å². The van der Waals surface area contributed by atoms with Crippen LogP contribution in [0, 0.1) is 11.6 Å². The van der Waals surface area contributed by atoms with Crippen LogP contribution in [0.2, 0.25) is 0 Å². The maximum Gasteiger partial charge on any atom is 0.165 e. The van der Waals surface area contributed by atoms with Crippen LogP contribution in [0.25, 0.3) is 0 Å². The number of nitrogens with two attached hydrogens (primary N) is 1. The molecule has 0 aliphatic heterocycles. The van der Waals surface area contributed by atoms with Crippen LogP contribution >= 0.6 is 0 Å². The van der Waals surface area contributed by atoms with Crippen molar-refractivity contribution in [3.8, 4) is 11.5 Å². The van der Waals surface area contributed by atoms with Gasteiger partial charge in [-0.05, 0) is 35.9 Å². The highest BCUT2D eigenvalue weighted by Gasteiger charge is 2.17. The van der Waals surface area contributed by atoms with Crippen molar-refractivity contribution in [1.29, 1.82) is 0 Å². The molecule has 2 rings (SSSR count). The van der Waals surface area contributed by atoms with Crippen LogP contribution in [0.4, 0.5) is 8.78 Å². The van der Waals surface area contributed by atoms with Gasteiger partial charge in [0.25, 0.3) is 0 Å². The number of halogens is 2. The second-order valence-electron chi connectivity index (χ2n) is 4.26. The molecule has 0 saturated carbocycles. The Morgan fingerprint density at radius 2 is 1.65 bits per heavy atom. The van der Waals surface area contributed by atoms with Crippen molar-refractivity contribution in [2.24, 2.45) is 5.73 Å². The number of hydrogen-bond acceptors (Lipinski definition) is 3. The third kappa shape index (κ3) is 2.72. The monoisotopic (exact) mass is 279 g/mol. The third-order valence-electron chi connectivity index (χ3n) is 3.06. The Morgan fingerprint density at radius 3 is 2.30 bits per heavy atom. The van der Waals surface area contributed by atoms with Crippen molar-refractivity contribution in [2.45, 2.75) is 6.04 Å². The molecule has 0 spiro atoms. The number of ether oxygens (including phenoxy) is 2. The van der Waals surface area contributed by atoms with Crippen LogP contribution in [-0.2, 0) is 0 Å². The van der Waals surface area contributed by atoms with Gasteiger partial charge in [0.15, 0.2) is 11.6 Å². The minimum atomic E-state index is -0.643. The summed E-state index contributed by atoms with van der Waals surface area (Å²) in [5, 5.41) is 0. The molecule has 0 saturated heterocycles. The minimum Gasteiger partial charge on any atom is -0.496 e. The predicted molar refractivity (Wildman–Crippen MR) is 71.9 cm³/mol. The van der Waals surface area contributed by atoms with Crippen molar-refractivity contribution < 1.29 is 18.3 Å². The molecular weight excluding hydrogens is 264 g/mol. The Balaban J connectivity index is 2.45. The van der Waals surface area contributed by atoms with Gasteiger partial charge >= 0.3 is 0 Å². The van der Waals surface area contributed by atoms with Crippen molar-refractivity contribution in [1.82, 2.24) is 0 Å². The van der Waals surface area contributed by atoms with Crippen LogP contribution in [0.1, 0.15) is 17.2 Å².